The van der Waals surface area contributed by atoms with E-state index >= 15 is 0 Å². The first-order valence-electron chi connectivity index (χ1n) is 10.1. The number of aromatic amines is 1. The van der Waals surface area contributed by atoms with Crippen molar-refractivity contribution in [2.45, 2.75) is 43.5 Å². The van der Waals surface area contributed by atoms with E-state index in [-0.39, 0.29) is 23.2 Å². The number of thioether (sulfide) groups is 1. The van der Waals surface area contributed by atoms with Gasteiger partial charge in [0.2, 0.25) is 11.0 Å². The number of benzene rings is 1. The Morgan fingerprint density at radius 2 is 2.06 bits per heavy atom. The number of aromatic nitrogens is 4. The Morgan fingerprint density at radius 3 is 2.88 bits per heavy atom. The molecule has 0 bridgehead atoms. The Kier molecular flexibility index (Phi) is 8.94. The van der Waals surface area contributed by atoms with Gasteiger partial charge >= 0.3 is 5.97 Å². The predicted molar refractivity (Wildman–Crippen MR) is 128 cm³/mol. The molecule has 0 aliphatic rings. The topological polar surface area (TPSA) is 119 Å². The third-order valence-corrected chi connectivity index (χ3v) is 6.71. The minimum Gasteiger partial charge on any atom is -0.465 e. The van der Waals surface area contributed by atoms with Crippen LogP contribution in [0.1, 0.15) is 32.6 Å². The summed E-state index contributed by atoms with van der Waals surface area (Å²) in [4.78, 5) is 39.2. The summed E-state index contributed by atoms with van der Waals surface area (Å²) in [6, 6.07) is 7.28. The molecule has 0 aliphatic carbocycles. The van der Waals surface area contributed by atoms with Crippen LogP contribution in [0.2, 0.25) is 0 Å². The molecule has 32 heavy (non-hydrogen) atoms. The van der Waals surface area contributed by atoms with Crippen LogP contribution in [0.4, 0.5) is 5.13 Å². The van der Waals surface area contributed by atoms with Gasteiger partial charge in [0, 0.05) is 13.0 Å². The van der Waals surface area contributed by atoms with Crippen LogP contribution in [0.3, 0.4) is 0 Å². The standard InChI is InChI=1S/C20H23N5O4S3/c1-2-29-16(27)12-31-20-24-23-18(32-20)22-15(26)10-4-3-7-11-25-17(28)13-8-5-6-9-14(13)21-19(25)30/h5-6,8-9H,2-4,7,10-12H2,1H3,(H,21,30)(H,22,23,26). The van der Waals surface area contributed by atoms with Gasteiger partial charge in [-0.25, -0.2) is 0 Å². The van der Waals surface area contributed by atoms with E-state index in [2.05, 4.69) is 20.5 Å². The quantitative estimate of drug-likeness (QED) is 0.136. The average Bonchev–Trinajstić information content (AvgIpc) is 3.21. The summed E-state index contributed by atoms with van der Waals surface area (Å²) in [6.07, 6.45) is 2.52. The van der Waals surface area contributed by atoms with Crippen molar-refractivity contribution in [3.8, 4) is 0 Å². The summed E-state index contributed by atoms with van der Waals surface area (Å²) in [5, 5.41) is 11.6. The number of nitrogens with zero attached hydrogens (tertiary/aromatic N) is 3. The number of esters is 1. The van der Waals surface area contributed by atoms with E-state index in [4.69, 9.17) is 17.0 Å². The predicted octanol–water partition coefficient (Wildman–Crippen LogP) is 3.76. The SMILES string of the molecule is CCOC(=O)CSc1nnc(NC(=O)CCCCCn2c(=S)[nH]c3ccccc3c2=O)s1. The van der Waals surface area contributed by atoms with Crippen molar-refractivity contribution in [1.82, 2.24) is 19.7 Å². The summed E-state index contributed by atoms with van der Waals surface area (Å²) in [6.45, 7) is 2.58. The summed E-state index contributed by atoms with van der Waals surface area (Å²) in [7, 11) is 0. The Labute approximate surface area is 197 Å². The molecule has 1 aromatic carbocycles. The second-order valence-corrected chi connectivity index (χ2v) is 9.34. The number of amides is 1. The number of hydrogen-bond acceptors (Lipinski definition) is 9. The van der Waals surface area contributed by atoms with Gasteiger partial charge < -0.3 is 15.0 Å². The number of para-hydroxylation sites is 1. The van der Waals surface area contributed by atoms with E-state index in [9.17, 15) is 14.4 Å². The van der Waals surface area contributed by atoms with Crippen LogP contribution < -0.4 is 10.9 Å². The monoisotopic (exact) mass is 493 g/mol. The molecule has 170 valence electrons. The first-order valence-corrected chi connectivity index (χ1v) is 12.3. The van der Waals surface area contributed by atoms with Gasteiger partial charge in [-0.1, -0.05) is 41.7 Å². The molecule has 0 saturated heterocycles. The van der Waals surface area contributed by atoms with E-state index in [1.807, 2.05) is 18.2 Å². The summed E-state index contributed by atoms with van der Waals surface area (Å²) in [5.41, 5.74) is 0.629. The number of carbonyl (C=O) groups is 2. The maximum Gasteiger partial charge on any atom is 0.316 e. The zero-order chi connectivity index (χ0) is 22.9. The van der Waals surface area contributed by atoms with Gasteiger partial charge in [-0.2, -0.15) is 0 Å². The molecule has 0 aliphatic heterocycles. The fourth-order valence-corrected chi connectivity index (χ4v) is 4.81. The van der Waals surface area contributed by atoms with Crippen molar-refractivity contribution in [3.05, 3.63) is 39.4 Å². The molecule has 12 heteroatoms. The molecule has 3 aromatic rings. The number of anilines is 1. The van der Waals surface area contributed by atoms with Crippen LogP contribution in [0, 0.1) is 4.77 Å². The Bertz CT molecular complexity index is 1200. The number of unbranched alkanes of at least 4 members (excludes halogenated alkanes) is 2. The lowest BCUT2D eigenvalue weighted by Crippen LogP contribution is -2.22. The minimum atomic E-state index is -0.315. The fraction of sp³-hybridized carbons (Fsp3) is 0.400. The Balaban J connectivity index is 1.40. The van der Waals surface area contributed by atoms with E-state index in [1.165, 1.54) is 23.1 Å². The maximum absolute atomic E-state index is 12.6. The van der Waals surface area contributed by atoms with Crippen LogP contribution in [-0.2, 0) is 20.9 Å². The van der Waals surface area contributed by atoms with Crippen LogP contribution in [0.25, 0.3) is 10.9 Å². The summed E-state index contributed by atoms with van der Waals surface area (Å²) < 4.78 is 7.41. The number of rotatable bonds is 11. The van der Waals surface area contributed by atoms with Crippen LogP contribution in [0.15, 0.2) is 33.4 Å². The van der Waals surface area contributed by atoms with Gasteiger partial charge in [-0.05, 0) is 44.1 Å². The van der Waals surface area contributed by atoms with Crippen molar-refractivity contribution >= 4 is 63.2 Å². The van der Waals surface area contributed by atoms with Crippen molar-refractivity contribution in [3.63, 3.8) is 0 Å². The molecule has 0 atom stereocenters. The van der Waals surface area contributed by atoms with Gasteiger partial charge in [0.15, 0.2) is 9.11 Å². The maximum atomic E-state index is 12.6. The molecule has 2 aromatic heterocycles. The van der Waals surface area contributed by atoms with Crippen molar-refractivity contribution in [2.75, 3.05) is 17.7 Å². The van der Waals surface area contributed by atoms with Crippen LogP contribution in [0.5, 0.6) is 0 Å². The van der Waals surface area contributed by atoms with Crippen LogP contribution in [-0.4, -0.2) is 44.0 Å². The number of fused-ring (bicyclic) bond motifs is 1. The number of carbonyl (C=O) groups excluding carboxylic acids is 2. The molecule has 2 N–H and O–H groups in total. The zero-order valence-corrected chi connectivity index (χ0v) is 19.9. The van der Waals surface area contributed by atoms with E-state index in [0.717, 1.165) is 18.4 Å². The van der Waals surface area contributed by atoms with Gasteiger partial charge in [0.1, 0.15) is 0 Å². The van der Waals surface area contributed by atoms with Gasteiger partial charge in [-0.3, -0.25) is 19.0 Å². The normalized spacial score (nSPS) is 10.9. The molecule has 1 amide bonds. The lowest BCUT2D eigenvalue weighted by atomic mass is 10.2. The average molecular weight is 494 g/mol. The van der Waals surface area contributed by atoms with Gasteiger partial charge in [-0.15, -0.1) is 10.2 Å². The van der Waals surface area contributed by atoms with Crippen molar-refractivity contribution in [1.29, 1.82) is 0 Å². The molecule has 0 radical (unpaired) electrons. The second-order valence-electron chi connectivity index (χ2n) is 6.76. The van der Waals surface area contributed by atoms with Gasteiger partial charge in [0.05, 0.1) is 23.3 Å². The largest absolute Gasteiger partial charge is 0.465 e. The fourth-order valence-electron chi connectivity index (χ4n) is 2.96. The molecular formula is C20H23N5O4S3. The minimum absolute atomic E-state index is 0.102. The van der Waals surface area contributed by atoms with Gasteiger partial charge in [0.25, 0.3) is 5.56 Å². The number of hydrogen-bond donors (Lipinski definition) is 2. The molecule has 0 unspecified atom stereocenters. The number of ether oxygens (including phenoxy) is 1. The molecule has 2 heterocycles. The second kappa shape index (κ2) is 11.9. The van der Waals surface area contributed by atoms with E-state index in [0.29, 0.717) is 45.6 Å². The summed E-state index contributed by atoms with van der Waals surface area (Å²) >= 11 is 7.75. The molecule has 9 nitrogen and oxygen atoms in total. The number of nitrogens with one attached hydrogen (secondary N) is 2. The highest BCUT2D eigenvalue weighted by molar-refractivity contribution is 8.01. The highest BCUT2D eigenvalue weighted by Gasteiger charge is 2.11. The Morgan fingerprint density at radius 1 is 1.25 bits per heavy atom. The first kappa shape index (κ1) is 24.1. The molecule has 3 rings (SSSR count). The van der Waals surface area contributed by atoms with Crippen LogP contribution >= 0.6 is 35.3 Å². The van der Waals surface area contributed by atoms with E-state index < -0.39 is 0 Å². The molecule has 0 spiro atoms. The summed E-state index contributed by atoms with van der Waals surface area (Å²) in [5.74, 6) is -0.311. The Hall–Kier alpha value is -2.57. The van der Waals surface area contributed by atoms with Crippen molar-refractivity contribution < 1.29 is 14.3 Å². The zero-order valence-electron chi connectivity index (χ0n) is 17.5. The highest BCUT2D eigenvalue weighted by Crippen LogP contribution is 2.25. The number of H-pyrrole nitrogens is 1. The molecular weight excluding hydrogens is 470 g/mol. The first-order chi connectivity index (χ1) is 15.5. The third kappa shape index (κ3) is 6.71. The lowest BCUT2D eigenvalue weighted by Gasteiger charge is -2.08. The molecule has 0 saturated carbocycles. The molecule has 0 fully saturated rings. The lowest BCUT2D eigenvalue weighted by molar-refractivity contribution is -0.139. The third-order valence-electron chi connectivity index (χ3n) is 4.45. The van der Waals surface area contributed by atoms with E-state index in [1.54, 1.807) is 17.6 Å². The van der Waals surface area contributed by atoms with Crippen molar-refractivity contribution in [2.24, 2.45) is 0 Å². The highest BCUT2D eigenvalue weighted by atomic mass is 32.2. The smallest absolute Gasteiger partial charge is 0.316 e.